The molecule has 4 atom stereocenters. The molecular weight excluding hydrogens is 520 g/mol. The maximum atomic E-state index is 14.2. The van der Waals surface area contributed by atoms with Crippen molar-refractivity contribution in [3.8, 4) is 5.75 Å². The molecule has 9 nitrogen and oxygen atoms in total. The van der Waals surface area contributed by atoms with Gasteiger partial charge in [0.25, 0.3) is 0 Å². The van der Waals surface area contributed by atoms with Gasteiger partial charge in [-0.3, -0.25) is 14.5 Å². The van der Waals surface area contributed by atoms with Gasteiger partial charge in [-0.2, -0.15) is 0 Å². The lowest BCUT2D eigenvalue weighted by Gasteiger charge is -2.41. The Hall–Kier alpha value is -2.81. The minimum absolute atomic E-state index is 0.0326. The first-order valence-electron chi connectivity index (χ1n) is 15.5. The van der Waals surface area contributed by atoms with E-state index < -0.39 is 23.8 Å². The topological polar surface area (TPSA) is 102 Å². The highest BCUT2D eigenvalue weighted by atomic mass is 16.6. The zero-order chi connectivity index (χ0) is 29.7. The molecule has 0 aromatic heterocycles. The Morgan fingerprint density at radius 2 is 1.71 bits per heavy atom. The summed E-state index contributed by atoms with van der Waals surface area (Å²) in [6.07, 6.45) is 7.55. The average Bonchev–Trinajstić information content (AvgIpc) is 3.37. The van der Waals surface area contributed by atoms with Gasteiger partial charge >= 0.3 is 6.09 Å². The Bertz CT molecular complexity index is 1050. The van der Waals surface area contributed by atoms with Crippen molar-refractivity contribution < 1.29 is 24.2 Å². The molecule has 41 heavy (non-hydrogen) atoms. The molecule has 2 N–H and O–H groups in total. The third-order valence-corrected chi connectivity index (χ3v) is 9.21. The van der Waals surface area contributed by atoms with Gasteiger partial charge in [0, 0.05) is 32.7 Å². The number of phenolic OH excluding ortho intramolecular Hbond substituents is 1. The molecule has 9 heteroatoms. The number of piperidine rings is 1. The van der Waals surface area contributed by atoms with E-state index in [0.29, 0.717) is 5.92 Å². The predicted molar refractivity (Wildman–Crippen MR) is 158 cm³/mol. The number of hydrogen-bond acceptors (Lipinski definition) is 6. The van der Waals surface area contributed by atoms with Crippen molar-refractivity contribution in [2.45, 2.75) is 103 Å². The smallest absolute Gasteiger partial charge is 0.410 e. The lowest BCUT2D eigenvalue weighted by molar-refractivity contribution is -0.141. The lowest BCUT2D eigenvalue weighted by atomic mass is 9.83. The van der Waals surface area contributed by atoms with Crippen LogP contribution < -0.4 is 5.32 Å². The maximum absolute atomic E-state index is 14.2. The van der Waals surface area contributed by atoms with E-state index in [1.807, 2.05) is 12.1 Å². The predicted octanol–water partition coefficient (Wildman–Crippen LogP) is 4.18. The van der Waals surface area contributed by atoms with Gasteiger partial charge in [-0.25, -0.2) is 4.79 Å². The fraction of sp³-hybridized carbons (Fsp3) is 0.719. The Balaban J connectivity index is 1.42. The van der Waals surface area contributed by atoms with Crippen LogP contribution in [-0.2, 0) is 20.7 Å². The van der Waals surface area contributed by atoms with Crippen molar-refractivity contribution in [1.82, 2.24) is 20.0 Å². The highest BCUT2D eigenvalue weighted by Gasteiger charge is 2.44. The zero-order valence-corrected chi connectivity index (χ0v) is 25.6. The number of phenols is 1. The second-order valence-electron chi connectivity index (χ2n) is 13.3. The van der Waals surface area contributed by atoms with E-state index in [2.05, 4.69) is 15.1 Å². The number of fused-ring (bicyclic) bond motifs is 1. The Morgan fingerprint density at radius 1 is 1.05 bits per heavy atom. The number of nitrogens with zero attached hydrogens (tertiary/aromatic N) is 3. The van der Waals surface area contributed by atoms with E-state index in [4.69, 9.17) is 4.74 Å². The van der Waals surface area contributed by atoms with Crippen molar-refractivity contribution in [3.05, 3.63) is 29.8 Å². The fourth-order valence-corrected chi connectivity index (χ4v) is 6.60. The largest absolute Gasteiger partial charge is 0.508 e. The number of carbonyl (C=O) groups is 3. The van der Waals surface area contributed by atoms with Crippen LogP contribution in [0.2, 0.25) is 0 Å². The number of nitrogens with one attached hydrogen (secondary N) is 1. The molecule has 2 aliphatic heterocycles. The summed E-state index contributed by atoms with van der Waals surface area (Å²) in [6, 6.07) is 6.19. The van der Waals surface area contributed by atoms with E-state index in [0.717, 1.165) is 77.5 Å². The van der Waals surface area contributed by atoms with E-state index in [9.17, 15) is 19.5 Å². The summed E-state index contributed by atoms with van der Waals surface area (Å²) in [5.74, 6) is 0.582. The number of ether oxygens (including phenoxy) is 1. The highest BCUT2D eigenvalue weighted by Crippen LogP contribution is 2.34. The summed E-state index contributed by atoms with van der Waals surface area (Å²) in [7, 11) is 1.57. The maximum Gasteiger partial charge on any atom is 0.410 e. The van der Waals surface area contributed by atoms with Crippen molar-refractivity contribution in [3.63, 3.8) is 0 Å². The van der Waals surface area contributed by atoms with Crippen LogP contribution in [0.3, 0.4) is 0 Å². The third kappa shape index (κ3) is 8.15. The molecule has 2 heterocycles. The normalized spacial score (nSPS) is 23.4. The van der Waals surface area contributed by atoms with Crippen molar-refractivity contribution >= 4 is 17.9 Å². The summed E-state index contributed by atoms with van der Waals surface area (Å²) < 4.78 is 5.46. The molecule has 3 aliphatic rings. The first-order valence-corrected chi connectivity index (χ1v) is 15.5. The Kier molecular flexibility index (Phi) is 10.2. The summed E-state index contributed by atoms with van der Waals surface area (Å²) in [5, 5.41) is 12.7. The molecule has 4 rings (SSSR count). The number of rotatable bonds is 8. The van der Waals surface area contributed by atoms with Gasteiger partial charge in [0.1, 0.15) is 23.4 Å². The minimum Gasteiger partial charge on any atom is -0.508 e. The van der Waals surface area contributed by atoms with Crippen LogP contribution in [0.15, 0.2) is 24.3 Å². The molecule has 3 fully saturated rings. The molecule has 1 aliphatic carbocycles. The van der Waals surface area contributed by atoms with Gasteiger partial charge in [0.15, 0.2) is 0 Å². The third-order valence-electron chi connectivity index (χ3n) is 9.21. The monoisotopic (exact) mass is 570 g/mol. The van der Waals surface area contributed by atoms with Gasteiger partial charge < -0.3 is 25.0 Å². The van der Waals surface area contributed by atoms with Crippen LogP contribution in [0.25, 0.3) is 0 Å². The molecule has 0 radical (unpaired) electrons. The van der Waals surface area contributed by atoms with E-state index in [1.165, 1.54) is 10.5 Å². The standard InChI is InChI=1S/C32H50N4O5/c1-22(34(5)31(40)41-32(2,3)4)29(38)33-28(25-9-7-6-8-10-25)30(39)36-20-17-24-16-19-35(21-27(24)36)18-15-23-11-13-26(37)14-12-23/h11-14,22,24-25,27-28,37H,6-10,15-21H2,1-5H3,(H,33,38)/t22-,24+,27+,28-/m0/s1. The first-order chi connectivity index (χ1) is 19.4. The minimum atomic E-state index is -0.764. The molecule has 1 aromatic carbocycles. The van der Waals surface area contributed by atoms with Crippen molar-refractivity contribution in [2.24, 2.45) is 11.8 Å². The second kappa shape index (κ2) is 13.4. The first kappa shape index (κ1) is 31.1. The van der Waals surface area contributed by atoms with Gasteiger partial charge in [-0.15, -0.1) is 0 Å². The van der Waals surface area contributed by atoms with Crippen molar-refractivity contribution in [2.75, 3.05) is 33.2 Å². The van der Waals surface area contributed by atoms with Gasteiger partial charge in [0.2, 0.25) is 11.8 Å². The van der Waals surface area contributed by atoms with Gasteiger partial charge in [0.05, 0.1) is 0 Å². The van der Waals surface area contributed by atoms with Crippen LogP contribution >= 0.6 is 0 Å². The van der Waals surface area contributed by atoms with E-state index in [1.54, 1.807) is 46.9 Å². The number of likely N-dealkylation sites (N-methyl/N-ethyl adjacent to an activating group) is 1. The molecule has 3 amide bonds. The van der Waals surface area contributed by atoms with Gasteiger partial charge in [-0.1, -0.05) is 31.4 Å². The second-order valence-corrected chi connectivity index (χ2v) is 13.3. The average molecular weight is 571 g/mol. The Morgan fingerprint density at radius 3 is 2.37 bits per heavy atom. The molecule has 1 aromatic rings. The lowest BCUT2D eigenvalue weighted by Crippen LogP contribution is -2.59. The molecule has 0 bridgehead atoms. The van der Waals surface area contributed by atoms with Crippen LogP contribution in [0.4, 0.5) is 4.79 Å². The SMILES string of the molecule is C[C@@H](C(=O)N[C@H](C(=O)N1CC[C@H]2CCN(CCc3ccc(O)cc3)C[C@H]21)C1CCCCC1)N(C)C(=O)OC(C)(C)C. The summed E-state index contributed by atoms with van der Waals surface area (Å²) >= 11 is 0. The van der Waals surface area contributed by atoms with Crippen molar-refractivity contribution in [1.29, 1.82) is 0 Å². The van der Waals surface area contributed by atoms with Crippen LogP contribution in [0.1, 0.15) is 78.2 Å². The highest BCUT2D eigenvalue weighted by molar-refractivity contribution is 5.91. The van der Waals surface area contributed by atoms with Crippen LogP contribution in [0, 0.1) is 11.8 Å². The molecule has 0 spiro atoms. The summed E-state index contributed by atoms with van der Waals surface area (Å²) in [5.41, 5.74) is 0.529. The van der Waals surface area contributed by atoms with E-state index in [-0.39, 0.29) is 29.5 Å². The van der Waals surface area contributed by atoms with Crippen LogP contribution in [0.5, 0.6) is 5.75 Å². The zero-order valence-electron chi connectivity index (χ0n) is 25.6. The summed E-state index contributed by atoms with van der Waals surface area (Å²) in [6.45, 7) is 10.6. The molecule has 1 saturated carbocycles. The molecule has 228 valence electrons. The summed E-state index contributed by atoms with van der Waals surface area (Å²) in [4.78, 5) is 46.1. The fourth-order valence-electron chi connectivity index (χ4n) is 6.60. The number of carbonyl (C=O) groups excluding carboxylic acids is 3. The van der Waals surface area contributed by atoms with E-state index >= 15 is 0 Å². The number of hydrogen-bond donors (Lipinski definition) is 2. The molecular formula is C32H50N4O5. The Labute approximate surface area is 245 Å². The quantitative estimate of drug-likeness (QED) is 0.486. The number of amides is 3. The number of aromatic hydroxyl groups is 1. The van der Waals surface area contributed by atoms with Crippen LogP contribution in [-0.4, -0.2) is 94.7 Å². The molecule has 0 unspecified atom stereocenters. The molecule has 2 saturated heterocycles. The van der Waals surface area contributed by atoms with Gasteiger partial charge in [-0.05, 0) is 95.9 Å². The number of benzene rings is 1. The number of likely N-dealkylation sites (tertiary alicyclic amines) is 2.